The molecule has 25 heavy (non-hydrogen) atoms. The number of rotatable bonds is 3. The lowest BCUT2D eigenvalue weighted by Crippen LogP contribution is -2.26. The Balaban J connectivity index is 1.92. The Morgan fingerprint density at radius 3 is 2.44 bits per heavy atom. The van der Waals surface area contributed by atoms with Crippen LogP contribution in [0.3, 0.4) is 0 Å². The molecule has 128 valence electrons. The van der Waals surface area contributed by atoms with Gasteiger partial charge in [0.1, 0.15) is 0 Å². The van der Waals surface area contributed by atoms with Gasteiger partial charge in [-0.1, -0.05) is 29.3 Å². The summed E-state index contributed by atoms with van der Waals surface area (Å²) in [6.45, 7) is 6.84. The van der Waals surface area contributed by atoms with E-state index in [2.05, 4.69) is 37.9 Å². The van der Waals surface area contributed by atoms with Crippen LogP contribution in [0.5, 0.6) is 0 Å². The molecule has 0 amide bonds. The number of nitrogens with zero attached hydrogens (tertiary/aromatic N) is 2. The average Bonchev–Trinajstić information content (AvgIpc) is 3.36. The second-order valence-corrected chi connectivity index (χ2v) is 7.62. The molecule has 1 aromatic heterocycles. The molecule has 0 radical (unpaired) electrons. The Morgan fingerprint density at radius 1 is 1.12 bits per heavy atom. The van der Waals surface area contributed by atoms with Crippen LogP contribution in [0, 0.1) is 20.8 Å². The summed E-state index contributed by atoms with van der Waals surface area (Å²) < 4.78 is 1.78. The van der Waals surface area contributed by atoms with E-state index in [1.54, 1.807) is 4.57 Å². The van der Waals surface area contributed by atoms with Gasteiger partial charge in [0.15, 0.2) is 0 Å². The number of fused-ring (bicyclic) bond motifs is 1. The van der Waals surface area contributed by atoms with Crippen LogP contribution in [0.4, 0.5) is 0 Å². The molecule has 1 aliphatic rings. The van der Waals surface area contributed by atoms with Gasteiger partial charge in [-0.25, -0.2) is 4.79 Å². The Labute approximate surface area is 152 Å². The van der Waals surface area contributed by atoms with Crippen LogP contribution < -0.4 is 5.69 Å². The van der Waals surface area contributed by atoms with Crippen molar-refractivity contribution in [2.24, 2.45) is 0 Å². The fourth-order valence-electron chi connectivity index (χ4n) is 3.71. The molecule has 0 N–H and O–H groups in total. The van der Waals surface area contributed by atoms with Gasteiger partial charge in [0.25, 0.3) is 0 Å². The molecule has 0 aliphatic heterocycles. The minimum atomic E-state index is -0.170. The van der Waals surface area contributed by atoms with E-state index in [0.29, 0.717) is 17.5 Å². The number of hydrogen-bond acceptors (Lipinski definition) is 2. The number of halogens is 1. The van der Waals surface area contributed by atoms with Crippen molar-refractivity contribution in [3.05, 3.63) is 73.8 Å². The van der Waals surface area contributed by atoms with Crippen molar-refractivity contribution in [2.45, 2.75) is 46.1 Å². The van der Waals surface area contributed by atoms with Crippen LogP contribution >= 0.6 is 11.6 Å². The maximum absolute atomic E-state index is 12.8. The van der Waals surface area contributed by atoms with E-state index in [1.165, 1.54) is 22.3 Å². The van der Waals surface area contributed by atoms with E-state index >= 15 is 0 Å². The molecule has 0 spiro atoms. The van der Waals surface area contributed by atoms with Crippen LogP contribution in [-0.2, 0) is 6.54 Å². The summed E-state index contributed by atoms with van der Waals surface area (Å²) in [4.78, 5) is 17.2. The Hall–Kier alpha value is -2.13. The normalized spacial score (nSPS) is 14.2. The summed E-state index contributed by atoms with van der Waals surface area (Å²) in [5.41, 5.74) is 6.50. The molecule has 0 atom stereocenters. The number of aromatic nitrogens is 2. The van der Waals surface area contributed by atoms with E-state index in [0.717, 1.165) is 29.4 Å². The molecule has 1 aliphatic carbocycles. The molecular weight excluding hydrogens is 332 g/mol. The quantitative estimate of drug-likeness (QED) is 0.672. The number of hydrogen-bond donors (Lipinski definition) is 0. The predicted molar refractivity (Wildman–Crippen MR) is 103 cm³/mol. The minimum absolute atomic E-state index is 0.170. The lowest BCUT2D eigenvalue weighted by atomic mass is 9.99. The third-order valence-corrected chi connectivity index (χ3v) is 5.33. The highest BCUT2D eigenvalue weighted by molar-refractivity contribution is 6.31. The van der Waals surface area contributed by atoms with Crippen molar-refractivity contribution in [3.63, 3.8) is 0 Å². The van der Waals surface area contributed by atoms with Crippen LogP contribution in [0.1, 0.15) is 46.7 Å². The number of aryl methyl sites for hydroxylation is 3. The topological polar surface area (TPSA) is 34.9 Å². The van der Waals surface area contributed by atoms with Crippen molar-refractivity contribution < 1.29 is 0 Å². The molecule has 0 saturated heterocycles. The first-order valence-electron chi connectivity index (χ1n) is 8.71. The zero-order valence-electron chi connectivity index (χ0n) is 14.8. The monoisotopic (exact) mass is 352 g/mol. The molecular formula is C21H21ClN2O. The van der Waals surface area contributed by atoms with Crippen molar-refractivity contribution in [3.8, 4) is 0 Å². The van der Waals surface area contributed by atoms with Gasteiger partial charge in [-0.3, -0.25) is 4.57 Å². The van der Waals surface area contributed by atoms with Gasteiger partial charge >= 0.3 is 5.69 Å². The average molecular weight is 353 g/mol. The summed E-state index contributed by atoms with van der Waals surface area (Å²) >= 11 is 6.22. The van der Waals surface area contributed by atoms with E-state index in [4.69, 9.17) is 11.6 Å². The van der Waals surface area contributed by atoms with Gasteiger partial charge < -0.3 is 0 Å². The summed E-state index contributed by atoms with van der Waals surface area (Å²) in [5, 5.41) is 1.70. The smallest absolute Gasteiger partial charge is 0.287 e. The van der Waals surface area contributed by atoms with Gasteiger partial charge in [-0.15, -0.1) is 0 Å². The second kappa shape index (κ2) is 5.99. The molecule has 0 bridgehead atoms. The van der Waals surface area contributed by atoms with E-state index in [9.17, 15) is 4.79 Å². The first kappa shape index (κ1) is 16.3. The Kier molecular flexibility index (Phi) is 3.92. The zero-order chi connectivity index (χ0) is 17.7. The molecule has 2 aromatic carbocycles. The maximum atomic E-state index is 12.8. The summed E-state index contributed by atoms with van der Waals surface area (Å²) in [6.07, 6.45) is 2.21. The largest absolute Gasteiger partial charge is 0.348 e. The Morgan fingerprint density at radius 2 is 1.80 bits per heavy atom. The van der Waals surface area contributed by atoms with E-state index in [-0.39, 0.29) is 5.69 Å². The van der Waals surface area contributed by atoms with Gasteiger partial charge in [0.2, 0.25) is 0 Å². The summed E-state index contributed by atoms with van der Waals surface area (Å²) in [6, 6.07) is 10.1. The summed E-state index contributed by atoms with van der Waals surface area (Å²) in [5.74, 6) is 0.408. The van der Waals surface area contributed by atoms with Crippen molar-refractivity contribution in [1.82, 2.24) is 9.55 Å². The van der Waals surface area contributed by atoms with E-state index in [1.807, 2.05) is 18.2 Å². The van der Waals surface area contributed by atoms with E-state index < -0.39 is 0 Å². The van der Waals surface area contributed by atoms with Crippen molar-refractivity contribution in [2.75, 3.05) is 0 Å². The third kappa shape index (κ3) is 2.98. The van der Waals surface area contributed by atoms with Gasteiger partial charge in [0, 0.05) is 16.3 Å². The van der Waals surface area contributed by atoms with Crippen LogP contribution in [-0.4, -0.2) is 9.55 Å². The van der Waals surface area contributed by atoms with Crippen molar-refractivity contribution >= 4 is 22.5 Å². The van der Waals surface area contributed by atoms with Crippen LogP contribution in [0.2, 0.25) is 5.02 Å². The highest BCUT2D eigenvalue weighted by Gasteiger charge is 2.28. The molecule has 0 unspecified atom stereocenters. The van der Waals surface area contributed by atoms with Crippen LogP contribution in [0.25, 0.3) is 10.9 Å². The molecule has 3 nitrogen and oxygen atoms in total. The minimum Gasteiger partial charge on any atom is -0.287 e. The SMILES string of the molecule is Cc1cc(C)c(Cn2c(=O)nc(C3CC3)c3cc(Cl)ccc32)c(C)c1. The first-order valence-corrected chi connectivity index (χ1v) is 9.08. The van der Waals surface area contributed by atoms with Gasteiger partial charge in [-0.05, 0) is 68.5 Å². The lowest BCUT2D eigenvalue weighted by Gasteiger charge is -2.16. The highest BCUT2D eigenvalue weighted by Crippen LogP contribution is 2.41. The molecule has 1 heterocycles. The molecule has 4 heteroatoms. The second-order valence-electron chi connectivity index (χ2n) is 7.18. The zero-order valence-corrected chi connectivity index (χ0v) is 15.5. The molecule has 4 rings (SSSR count). The van der Waals surface area contributed by atoms with Crippen molar-refractivity contribution in [1.29, 1.82) is 0 Å². The maximum Gasteiger partial charge on any atom is 0.348 e. The lowest BCUT2D eigenvalue weighted by molar-refractivity contribution is 0.742. The highest BCUT2D eigenvalue weighted by atomic mass is 35.5. The molecule has 3 aromatic rings. The molecule has 1 fully saturated rings. The fraction of sp³-hybridized carbons (Fsp3) is 0.333. The third-order valence-electron chi connectivity index (χ3n) is 5.09. The standard InChI is InChI=1S/C21H21ClN2O/c1-12-8-13(2)18(14(3)9-12)11-24-19-7-6-16(22)10-17(19)20(15-4-5-15)23-21(24)25/h6-10,15H,4-5,11H2,1-3H3. The van der Waals surface area contributed by atoms with Crippen LogP contribution in [0.15, 0.2) is 35.1 Å². The summed E-state index contributed by atoms with van der Waals surface area (Å²) in [7, 11) is 0. The fourth-order valence-corrected chi connectivity index (χ4v) is 3.89. The van der Waals surface area contributed by atoms with Gasteiger partial charge in [0.05, 0.1) is 17.8 Å². The first-order chi connectivity index (χ1) is 11.9. The number of benzene rings is 2. The Bertz CT molecular complexity index is 1020. The predicted octanol–water partition coefficient (Wildman–Crippen LogP) is 4.90. The van der Waals surface area contributed by atoms with Gasteiger partial charge in [-0.2, -0.15) is 4.98 Å². The molecule has 1 saturated carbocycles.